The van der Waals surface area contributed by atoms with E-state index >= 15 is 0 Å². The second-order valence-electron chi connectivity index (χ2n) is 5.27. The molecule has 2 heteroatoms. The highest BCUT2D eigenvalue weighted by atomic mass is 14.8. The van der Waals surface area contributed by atoms with Gasteiger partial charge in [-0.25, -0.2) is 0 Å². The Bertz CT molecular complexity index is 1060. The van der Waals surface area contributed by atoms with E-state index < -0.39 is 0 Å². The molecular weight excluding hydrogens is 220 g/mol. The molecule has 0 radical (unpaired) electrons. The summed E-state index contributed by atoms with van der Waals surface area (Å²) in [5.74, 6) is 0. The molecule has 6 rings (SSSR count). The molecule has 0 saturated heterocycles. The van der Waals surface area contributed by atoms with Gasteiger partial charge < -0.3 is 9.97 Å². The molecule has 0 saturated carbocycles. The number of hydrogen-bond donors (Lipinski definition) is 2. The maximum Gasteiger partial charge on any atom is 0.0704 e. The minimum absolute atomic E-state index is 1.29. The molecule has 0 spiro atoms. The number of H-pyrrole nitrogens is 2. The van der Waals surface area contributed by atoms with E-state index in [2.05, 4.69) is 46.4 Å². The van der Waals surface area contributed by atoms with Crippen molar-refractivity contribution in [2.24, 2.45) is 0 Å². The number of nitrogens with one attached hydrogen (secondary N) is 2. The maximum absolute atomic E-state index is 3.37. The van der Waals surface area contributed by atoms with Gasteiger partial charge >= 0.3 is 0 Å². The van der Waals surface area contributed by atoms with Crippen molar-refractivity contribution in [3.63, 3.8) is 0 Å². The zero-order valence-corrected chi connectivity index (χ0v) is 9.46. The molecule has 0 amide bonds. The van der Waals surface area contributed by atoms with Gasteiger partial charge in [0, 0.05) is 10.8 Å². The average molecular weight is 228 g/mol. The van der Waals surface area contributed by atoms with Gasteiger partial charge in [-0.2, -0.15) is 0 Å². The van der Waals surface area contributed by atoms with E-state index in [1.54, 1.807) is 0 Å². The van der Waals surface area contributed by atoms with Gasteiger partial charge in [-0.15, -0.1) is 0 Å². The summed E-state index contributed by atoms with van der Waals surface area (Å²) in [6.07, 6.45) is 0. The molecule has 0 aliphatic carbocycles. The van der Waals surface area contributed by atoms with Crippen LogP contribution < -0.4 is 0 Å². The van der Waals surface area contributed by atoms with E-state index in [4.69, 9.17) is 0 Å². The molecular formula is C16H8N2. The van der Waals surface area contributed by atoms with Crippen LogP contribution in [-0.4, -0.2) is 9.97 Å². The lowest BCUT2D eigenvalue weighted by molar-refractivity contribution is 1.75. The standard InChI is InChI=1S/C16H8N2/c1-3-9-14-8(6-12-15(9)18-12)2-4-10-13(14)7(1)5-11-16(10)17-11/h1-6,17-18H. The van der Waals surface area contributed by atoms with Crippen LogP contribution in [0.2, 0.25) is 0 Å². The Morgan fingerprint density at radius 1 is 0.611 bits per heavy atom. The summed E-state index contributed by atoms with van der Waals surface area (Å²) in [5.41, 5.74) is 5.20. The van der Waals surface area contributed by atoms with Crippen LogP contribution in [0.25, 0.3) is 54.4 Å². The second-order valence-corrected chi connectivity index (χ2v) is 5.27. The largest absolute Gasteiger partial charge is 0.352 e. The first-order valence-corrected chi connectivity index (χ1v) is 6.23. The van der Waals surface area contributed by atoms with E-state index in [-0.39, 0.29) is 0 Å². The molecule has 4 aromatic carbocycles. The Morgan fingerprint density at radius 3 is 1.61 bits per heavy atom. The summed E-state index contributed by atoms with van der Waals surface area (Å²) in [5, 5.41) is 8.22. The highest BCUT2D eigenvalue weighted by Crippen LogP contribution is 2.42. The predicted molar refractivity (Wildman–Crippen MR) is 76.2 cm³/mol. The van der Waals surface area contributed by atoms with Crippen molar-refractivity contribution in [2.45, 2.75) is 0 Å². The van der Waals surface area contributed by atoms with Crippen molar-refractivity contribution in [3.05, 3.63) is 36.4 Å². The lowest BCUT2D eigenvalue weighted by Gasteiger charge is -2.07. The van der Waals surface area contributed by atoms with Gasteiger partial charge in [-0.1, -0.05) is 24.3 Å². The fourth-order valence-corrected chi connectivity index (χ4v) is 3.36. The van der Waals surface area contributed by atoms with Gasteiger partial charge in [0.15, 0.2) is 0 Å². The second kappa shape index (κ2) is 2.10. The number of benzene rings is 4. The zero-order chi connectivity index (χ0) is 11.4. The molecule has 2 heterocycles. The molecule has 2 nitrogen and oxygen atoms in total. The number of rotatable bonds is 0. The summed E-state index contributed by atoms with van der Waals surface area (Å²) in [6, 6.07) is 13.5. The lowest BCUT2D eigenvalue weighted by Crippen LogP contribution is -1.80. The Hall–Kier alpha value is -2.48. The Kier molecular flexibility index (Phi) is 0.908. The predicted octanol–water partition coefficient (Wildman–Crippen LogP) is 4.42. The van der Waals surface area contributed by atoms with Gasteiger partial charge in [0.25, 0.3) is 0 Å². The van der Waals surface area contributed by atoms with Crippen molar-refractivity contribution in [3.8, 4) is 0 Å². The van der Waals surface area contributed by atoms with E-state index in [0.717, 1.165) is 0 Å². The average Bonchev–Trinajstić information content (AvgIpc) is 3.27. The summed E-state index contributed by atoms with van der Waals surface area (Å²) >= 11 is 0. The summed E-state index contributed by atoms with van der Waals surface area (Å²) in [6.45, 7) is 0. The first-order chi connectivity index (χ1) is 8.90. The molecule has 0 bridgehead atoms. The smallest absolute Gasteiger partial charge is 0.0704 e. The fraction of sp³-hybridized carbons (Fsp3) is 0. The highest BCUT2D eigenvalue weighted by molar-refractivity contribution is 6.33. The van der Waals surface area contributed by atoms with Crippen LogP contribution in [0.3, 0.4) is 0 Å². The molecule has 2 N–H and O–H groups in total. The molecule has 82 valence electrons. The minimum Gasteiger partial charge on any atom is -0.352 e. The summed E-state index contributed by atoms with van der Waals surface area (Å²) < 4.78 is 0. The molecule has 0 fully saturated rings. The maximum atomic E-state index is 3.37. The van der Waals surface area contributed by atoms with Crippen molar-refractivity contribution in [2.75, 3.05) is 0 Å². The highest BCUT2D eigenvalue weighted by Gasteiger charge is 2.17. The van der Waals surface area contributed by atoms with Crippen molar-refractivity contribution < 1.29 is 0 Å². The quantitative estimate of drug-likeness (QED) is 0.361. The van der Waals surface area contributed by atoms with Crippen molar-refractivity contribution >= 4 is 54.4 Å². The number of fused-ring (bicyclic) bond motifs is 4. The third-order valence-corrected chi connectivity index (χ3v) is 4.30. The van der Waals surface area contributed by atoms with Crippen LogP contribution in [-0.2, 0) is 0 Å². The van der Waals surface area contributed by atoms with Gasteiger partial charge in [0.05, 0.1) is 22.1 Å². The molecule has 6 aromatic rings. The normalized spacial score (nSPS) is 13.6. The topological polar surface area (TPSA) is 31.6 Å². The third-order valence-electron chi connectivity index (χ3n) is 4.30. The lowest BCUT2D eigenvalue weighted by atomic mass is 9.94. The van der Waals surface area contributed by atoms with E-state index in [9.17, 15) is 0 Å². The van der Waals surface area contributed by atoms with Gasteiger partial charge in [0.1, 0.15) is 0 Å². The summed E-state index contributed by atoms with van der Waals surface area (Å²) in [7, 11) is 0. The molecule has 0 aliphatic rings. The Balaban J connectivity index is 2.15. The fourth-order valence-electron chi connectivity index (χ4n) is 3.36. The molecule has 0 aliphatic heterocycles. The van der Waals surface area contributed by atoms with E-state index in [0.29, 0.717) is 0 Å². The van der Waals surface area contributed by atoms with E-state index in [1.807, 2.05) is 0 Å². The molecule has 2 aromatic heterocycles. The van der Waals surface area contributed by atoms with Crippen LogP contribution in [0.5, 0.6) is 0 Å². The molecule has 0 atom stereocenters. The van der Waals surface area contributed by atoms with Crippen LogP contribution in [0.15, 0.2) is 36.4 Å². The van der Waals surface area contributed by atoms with Crippen LogP contribution in [0.1, 0.15) is 0 Å². The first kappa shape index (κ1) is 7.77. The van der Waals surface area contributed by atoms with Gasteiger partial charge in [-0.3, -0.25) is 0 Å². The van der Waals surface area contributed by atoms with Gasteiger partial charge in [0.2, 0.25) is 0 Å². The minimum atomic E-state index is 1.29. The van der Waals surface area contributed by atoms with Crippen LogP contribution in [0.4, 0.5) is 0 Å². The van der Waals surface area contributed by atoms with E-state index in [1.165, 1.54) is 54.4 Å². The van der Waals surface area contributed by atoms with Gasteiger partial charge in [-0.05, 0) is 33.7 Å². The first-order valence-electron chi connectivity index (χ1n) is 6.23. The Labute approximate surface area is 101 Å². The number of aromatic amines is 2. The molecule has 0 unspecified atom stereocenters. The number of hydrogen-bond acceptors (Lipinski definition) is 0. The number of aromatic nitrogens is 2. The molecule has 18 heavy (non-hydrogen) atoms. The summed E-state index contributed by atoms with van der Waals surface area (Å²) in [4.78, 5) is 6.75. The van der Waals surface area contributed by atoms with Crippen LogP contribution >= 0.6 is 0 Å². The Morgan fingerprint density at radius 2 is 1.11 bits per heavy atom. The van der Waals surface area contributed by atoms with Crippen molar-refractivity contribution in [1.29, 1.82) is 0 Å². The van der Waals surface area contributed by atoms with Crippen LogP contribution in [0, 0.1) is 0 Å². The zero-order valence-electron chi connectivity index (χ0n) is 9.46. The monoisotopic (exact) mass is 228 g/mol. The third kappa shape index (κ3) is 0.688. The SMILES string of the molecule is c1cc2c3[nH]c3cc3ccc4c5[nH]c5cc1c4c32. The van der Waals surface area contributed by atoms with Crippen molar-refractivity contribution in [1.82, 2.24) is 9.97 Å².